The summed E-state index contributed by atoms with van der Waals surface area (Å²) >= 11 is 1.13. The number of hydrogen-bond donors (Lipinski definition) is 3. The number of nitrogens with one attached hydrogen (secondary N) is 1. The minimum Gasteiger partial charge on any atom is -0.507 e. The van der Waals surface area contributed by atoms with Gasteiger partial charge in [0, 0.05) is 5.56 Å². The zero-order chi connectivity index (χ0) is 17.1. The average Bonchev–Trinajstić information content (AvgIpc) is 2.98. The van der Waals surface area contributed by atoms with Crippen LogP contribution in [0.5, 0.6) is 5.75 Å². The Balaban J connectivity index is 1.84. The van der Waals surface area contributed by atoms with E-state index in [1.807, 2.05) is 37.3 Å². The summed E-state index contributed by atoms with van der Waals surface area (Å²) < 4.78 is 0. The summed E-state index contributed by atoms with van der Waals surface area (Å²) in [6.07, 6.45) is 2.05. The molecule has 0 saturated carbocycles. The summed E-state index contributed by atoms with van der Waals surface area (Å²) in [5.74, 6) is -0.264. The fourth-order valence-electron chi connectivity index (χ4n) is 2.41. The molecular formula is C17H16N4O2S. The van der Waals surface area contributed by atoms with E-state index in [1.165, 1.54) is 6.21 Å². The molecule has 0 aliphatic rings. The van der Waals surface area contributed by atoms with Crippen LogP contribution in [0.4, 0.5) is 5.13 Å². The van der Waals surface area contributed by atoms with E-state index in [-0.39, 0.29) is 11.7 Å². The number of phenols is 1. The number of benzene rings is 2. The van der Waals surface area contributed by atoms with Gasteiger partial charge in [-0.05, 0) is 23.3 Å². The van der Waals surface area contributed by atoms with Crippen LogP contribution in [0.2, 0.25) is 0 Å². The highest BCUT2D eigenvalue weighted by molar-refractivity contribution is 7.17. The molecule has 1 aromatic heterocycles. The number of fused-ring (bicyclic) bond motifs is 1. The van der Waals surface area contributed by atoms with Crippen LogP contribution < -0.4 is 11.2 Å². The highest BCUT2D eigenvalue weighted by Gasteiger charge is 2.15. The zero-order valence-corrected chi connectivity index (χ0v) is 13.8. The summed E-state index contributed by atoms with van der Waals surface area (Å²) in [5.41, 5.74) is 9.31. The van der Waals surface area contributed by atoms with Crippen molar-refractivity contribution < 1.29 is 9.90 Å². The molecule has 0 unspecified atom stereocenters. The van der Waals surface area contributed by atoms with Gasteiger partial charge in [0.1, 0.15) is 10.6 Å². The molecule has 24 heavy (non-hydrogen) atoms. The zero-order valence-electron chi connectivity index (χ0n) is 13.0. The maximum atomic E-state index is 12.2. The summed E-state index contributed by atoms with van der Waals surface area (Å²) in [6.45, 7) is 1.91. The van der Waals surface area contributed by atoms with Crippen molar-refractivity contribution in [3.8, 4) is 5.75 Å². The number of amides is 1. The van der Waals surface area contributed by atoms with Gasteiger partial charge in [-0.15, -0.1) is 0 Å². The van der Waals surface area contributed by atoms with E-state index in [1.54, 1.807) is 6.07 Å². The van der Waals surface area contributed by atoms with Crippen molar-refractivity contribution >= 4 is 39.4 Å². The third kappa shape index (κ3) is 3.07. The fourth-order valence-corrected chi connectivity index (χ4v) is 3.22. The molecular weight excluding hydrogens is 324 g/mol. The molecule has 0 saturated heterocycles. The lowest BCUT2D eigenvalue weighted by molar-refractivity contribution is 0.0958. The van der Waals surface area contributed by atoms with Crippen LogP contribution >= 0.6 is 11.3 Å². The Morgan fingerprint density at radius 2 is 2.17 bits per heavy atom. The van der Waals surface area contributed by atoms with Gasteiger partial charge < -0.3 is 10.8 Å². The second-order valence-electron chi connectivity index (χ2n) is 5.10. The molecule has 1 amide bonds. The van der Waals surface area contributed by atoms with Gasteiger partial charge in [0.2, 0.25) is 0 Å². The highest BCUT2D eigenvalue weighted by Crippen LogP contribution is 2.25. The second kappa shape index (κ2) is 6.67. The van der Waals surface area contributed by atoms with E-state index in [0.29, 0.717) is 27.7 Å². The normalized spacial score (nSPS) is 11.2. The van der Waals surface area contributed by atoms with Crippen molar-refractivity contribution in [2.24, 2.45) is 5.10 Å². The number of hydrogen-bond acceptors (Lipinski definition) is 6. The van der Waals surface area contributed by atoms with Gasteiger partial charge in [-0.2, -0.15) is 5.10 Å². The summed E-state index contributed by atoms with van der Waals surface area (Å²) in [6, 6.07) is 11.1. The predicted molar refractivity (Wildman–Crippen MR) is 96.6 cm³/mol. The van der Waals surface area contributed by atoms with E-state index in [2.05, 4.69) is 15.5 Å². The van der Waals surface area contributed by atoms with Gasteiger partial charge in [-0.3, -0.25) is 4.79 Å². The lowest BCUT2D eigenvalue weighted by atomic mass is 10.0. The van der Waals surface area contributed by atoms with E-state index < -0.39 is 0 Å². The topological polar surface area (TPSA) is 101 Å². The third-order valence-corrected chi connectivity index (χ3v) is 4.49. The Morgan fingerprint density at radius 1 is 1.38 bits per heavy atom. The van der Waals surface area contributed by atoms with Gasteiger partial charge in [0.15, 0.2) is 5.13 Å². The van der Waals surface area contributed by atoms with Crippen LogP contribution in [-0.4, -0.2) is 22.2 Å². The van der Waals surface area contributed by atoms with Crippen LogP contribution in [0.15, 0.2) is 41.5 Å². The average molecular weight is 340 g/mol. The van der Waals surface area contributed by atoms with Gasteiger partial charge in [0.05, 0.1) is 11.9 Å². The van der Waals surface area contributed by atoms with Gasteiger partial charge in [-0.25, -0.2) is 10.4 Å². The molecule has 3 aromatic rings. The third-order valence-electron chi connectivity index (χ3n) is 3.56. The number of rotatable bonds is 4. The molecule has 3 rings (SSSR count). The van der Waals surface area contributed by atoms with Crippen molar-refractivity contribution in [1.29, 1.82) is 0 Å². The first-order valence-electron chi connectivity index (χ1n) is 7.39. The molecule has 6 nitrogen and oxygen atoms in total. The smallest absolute Gasteiger partial charge is 0.283 e. The number of carbonyl (C=O) groups is 1. The lowest BCUT2D eigenvalue weighted by Gasteiger charge is -2.04. The number of phenolic OH excluding ortho intramolecular Hbond substituents is 1. The molecule has 2 aromatic carbocycles. The number of hydrazone groups is 1. The van der Waals surface area contributed by atoms with Crippen molar-refractivity contribution in [1.82, 2.24) is 10.4 Å². The molecule has 0 fully saturated rings. The molecule has 0 aliphatic carbocycles. The highest BCUT2D eigenvalue weighted by atomic mass is 32.1. The predicted octanol–water partition coefficient (Wildman–Crippen LogP) is 2.91. The van der Waals surface area contributed by atoms with Crippen molar-refractivity contribution in [3.05, 3.63) is 52.5 Å². The molecule has 0 atom stereocenters. The number of nitrogen functional groups attached to an aromatic ring is 1. The number of nitrogens with zero attached hydrogens (tertiary/aromatic N) is 2. The Kier molecular flexibility index (Phi) is 4.43. The minimum atomic E-state index is -0.364. The number of aromatic hydroxyl groups is 1. The molecule has 0 aliphatic heterocycles. The Hall–Kier alpha value is -2.93. The molecule has 0 spiro atoms. The fraction of sp³-hybridized carbons (Fsp3) is 0.118. The van der Waals surface area contributed by atoms with Gasteiger partial charge in [-0.1, -0.05) is 48.6 Å². The van der Waals surface area contributed by atoms with Crippen LogP contribution in [0, 0.1) is 0 Å². The minimum absolute atomic E-state index is 0.1000. The summed E-state index contributed by atoms with van der Waals surface area (Å²) in [7, 11) is 0. The summed E-state index contributed by atoms with van der Waals surface area (Å²) in [5, 5.41) is 16.2. The number of aryl methyl sites for hydroxylation is 1. The lowest BCUT2D eigenvalue weighted by Crippen LogP contribution is -2.17. The number of carbonyl (C=O) groups excluding carboxylic acids is 1. The molecule has 7 heteroatoms. The number of thiazole rings is 1. The Morgan fingerprint density at radius 3 is 2.96 bits per heavy atom. The summed E-state index contributed by atoms with van der Waals surface area (Å²) in [4.78, 5) is 16.8. The van der Waals surface area contributed by atoms with Gasteiger partial charge >= 0.3 is 0 Å². The number of anilines is 1. The molecule has 4 N–H and O–H groups in total. The van der Waals surface area contributed by atoms with E-state index >= 15 is 0 Å². The van der Waals surface area contributed by atoms with Crippen LogP contribution in [0.1, 0.15) is 27.9 Å². The molecule has 0 bridgehead atoms. The second-order valence-corrected chi connectivity index (χ2v) is 6.13. The van der Waals surface area contributed by atoms with Crippen LogP contribution in [0.25, 0.3) is 10.8 Å². The maximum Gasteiger partial charge on any atom is 0.283 e. The maximum absolute atomic E-state index is 12.2. The first-order chi connectivity index (χ1) is 11.6. The van der Waals surface area contributed by atoms with Crippen LogP contribution in [0.3, 0.4) is 0 Å². The molecule has 0 radical (unpaired) electrons. The standard InChI is InChI=1S/C17H16N4O2S/c1-2-13-15(24-17(18)20-13)16(23)21-19-9-12-11-6-4-3-5-10(11)7-8-14(12)22/h3-9,22H,2H2,1H3,(H2,18,20)(H,21,23). The van der Waals surface area contributed by atoms with Crippen molar-refractivity contribution in [2.45, 2.75) is 13.3 Å². The van der Waals surface area contributed by atoms with Crippen molar-refractivity contribution in [3.63, 3.8) is 0 Å². The first kappa shape index (κ1) is 15.9. The number of aromatic nitrogens is 1. The van der Waals surface area contributed by atoms with E-state index in [9.17, 15) is 9.90 Å². The first-order valence-corrected chi connectivity index (χ1v) is 8.21. The quantitative estimate of drug-likeness (QED) is 0.502. The van der Waals surface area contributed by atoms with Gasteiger partial charge in [0.25, 0.3) is 5.91 Å². The van der Waals surface area contributed by atoms with E-state index in [0.717, 1.165) is 22.1 Å². The monoisotopic (exact) mass is 340 g/mol. The SMILES string of the molecule is CCc1nc(N)sc1C(=O)NN=Cc1c(O)ccc2ccccc12. The van der Waals surface area contributed by atoms with E-state index in [4.69, 9.17) is 5.73 Å². The number of nitrogens with two attached hydrogens (primary N) is 1. The molecule has 122 valence electrons. The van der Waals surface area contributed by atoms with Crippen molar-refractivity contribution in [2.75, 3.05) is 5.73 Å². The Bertz CT molecular complexity index is 933. The largest absolute Gasteiger partial charge is 0.507 e. The van der Waals surface area contributed by atoms with Crippen LogP contribution in [-0.2, 0) is 6.42 Å². The Labute approximate surface area is 142 Å². The molecule has 1 heterocycles.